The van der Waals surface area contributed by atoms with Gasteiger partial charge in [-0.3, -0.25) is 2.78 Å². The van der Waals surface area contributed by atoms with Gasteiger partial charge < -0.3 is 0 Å². The maximum atomic E-state index is 4.24. The van der Waals surface area contributed by atoms with Crippen LogP contribution in [0.5, 0.6) is 0 Å². The molecule has 1 aromatic heterocycles. The second-order valence-electron chi connectivity index (χ2n) is 3.09. The summed E-state index contributed by atoms with van der Waals surface area (Å²) in [5.41, 5.74) is 0. The summed E-state index contributed by atoms with van der Waals surface area (Å²) >= 11 is 2.26. The van der Waals surface area contributed by atoms with Gasteiger partial charge in [0.25, 0.3) is 0 Å². The maximum Gasteiger partial charge on any atom is 0.117 e. The Hall–Kier alpha value is -0.0600. The van der Waals surface area contributed by atoms with Gasteiger partial charge in [-0.15, -0.1) is 0 Å². The molecule has 0 aliphatic heterocycles. The van der Waals surface area contributed by atoms with E-state index in [2.05, 4.69) is 44.5 Å². The molecule has 2 nitrogen and oxygen atoms in total. The van der Waals surface area contributed by atoms with Gasteiger partial charge in [-0.05, 0) is 12.3 Å². The number of aromatic nitrogens is 2. The molecular weight excluding hydrogens is 251 g/mol. The average molecular weight is 264 g/mol. The van der Waals surface area contributed by atoms with E-state index in [1.807, 2.05) is 12.4 Å². The van der Waals surface area contributed by atoms with Crippen molar-refractivity contribution in [1.82, 2.24) is 7.76 Å². The van der Waals surface area contributed by atoms with Crippen molar-refractivity contribution in [3.05, 3.63) is 18.2 Å². The van der Waals surface area contributed by atoms with Gasteiger partial charge in [-0.1, -0.05) is 13.8 Å². The lowest BCUT2D eigenvalue weighted by Crippen LogP contribution is -1.96. The van der Waals surface area contributed by atoms with E-state index < -0.39 is 0 Å². The molecule has 0 saturated carbocycles. The summed E-state index contributed by atoms with van der Waals surface area (Å²) in [6.07, 6.45) is 6.14. The molecule has 0 atom stereocenters. The Morgan fingerprint density at radius 1 is 1.64 bits per heavy atom. The molecule has 11 heavy (non-hydrogen) atoms. The number of aryl methyl sites for hydroxylation is 1. The number of hydrogen-bond acceptors (Lipinski definition) is 1. The maximum absolute atomic E-state index is 4.24. The van der Waals surface area contributed by atoms with Crippen LogP contribution in [-0.4, -0.2) is 7.76 Å². The van der Waals surface area contributed by atoms with Crippen molar-refractivity contribution in [2.45, 2.75) is 26.7 Å². The van der Waals surface area contributed by atoms with Crippen LogP contribution in [0.25, 0.3) is 0 Å². The fraction of sp³-hybridized carbons (Fsp3) is 0.625. The normalized spacial score (nSPS) is 10.9. The Kier molecular flexibility index (Phi) is 3.36. The lowest BCUT2D eigenvalue weighted by Gasteiger charge is -2.02. The van der Waals surface area contributed by atoms with Crippen molar-refractivity contribution in [3.8, 4) is 0 Å². The zero-order valence-corrected chi connectivity index (χ0v) is 9.08. The molecule has 0 N–H and O–H groups in total. The highest BCUT2D eigenvalue weighted by atomic mass is 127. The van der Waals surface area contributed by atoms with Gasteiger partial charge in [-0.25, -0.2) is 4.98 Å². The van der Waals surface area contributed by atoms with E-state index in [0.29, 0.717) is 0 Å². The van der Waals surface area contributed by atoms with Crippen LogP contribution in [0.2, 0.25) is 0 Å². The number of rotatable bonds is 3. The van der Waals surface area contributed by atoms with Crippen LogP contribution in [0, 0.1) is 5.92 Å². The highest BCUT2D eigenvalue weighted by Crippen LogP contribution is 2.09. The minimum atomic E-state index is 0.767. The Labute approximate surface area is 81.5 Å². The van der Waals surface area contributed by atoms with Crippen LogP contribution in [-0.2, 0) is 6.42 Å². The van der Waals surface area contributed by atoms with Crippen molar-refractivity contribution in [3.63, 3.8) is 0 Å². The van der Waals surface area contributed by atoms with Crippen molar-refractivity contribution >= 4 is 22.9 Å². The molecule has 3 heteroatoms. The first-order chi connectivity index (χ1) is 5.20. The molecule has 0 fully saturated rings. The highest BCUT2D eigenvalue weighted by molar-refractivity contribution is 14.1. The van der Waals surface area contributed by atoms with E-state index in [1.165, 1.54) is 12.2 Å². The van der Waals surface area contributed by atoms with Gasteiger partial charge in [0.2, 0.25) is 0 Å². The van der Waals surface area contributed by atoms with E-state index in [9.17, 15) is 0 Å². The van der Waals surface area contributed by atoms with Crippen molar-refractivity contribution in [2.75, 3.05) is 0 Å². The smallest absolute Gasteiger partial charge is 0.117 e. The Morgan fingerprint density at radius 2 is 2.36 bits per heavy atom. The van der Waals surface area contributed by atoms with E-state index in [1.54, 1.807) is 0 Å². The van der Waals surface area contributed by atoms with Crippen LogP contribution in [0.3, 0.4) is 0 Å². The van der Waals surface area contributed by atoms with Gasteiger partial charge in [0, 0.05) is 18.8 Å². The lowest BCUT2D eigenvalue weighted by atomic mass is 10.1. The van der Waals surface area contributed by atoms with Gasteiger partial charge >= 0.3 is 0 Å². The molecule has 0 spiro atoms. The third-order valence-corrected chi connectivity index (χ3v) is 2.49. The number of nitrogens with zero attached hydrogens (tertiary/aromatic N) is 2. The monoisotopic (exact) mass is 264 g/mol. The van der Waals surface area contributed by atoms with Gasteiger partial charge in [0.05, 0.1) is 22.9 Å². The molecule has 0 radical (unpaired) electrons. The topological polar surface area (TPSA) is 17.8 Å². The molecule has 1 rings (SSSR count). The van der Waals surface area contributed by atoms with Crippen LogP contribution in [0.15, 0.2) is 12.4 Å². The highest BCUT2D eigenvalue weighted by Gasteiger charge is 2.00. The fourth-order valence-corrected chi connectivity index (χ4v) is 1.42. The summed E-state index contributed by atoms with van der Waals surface area (Å²) in [6.45, 7) is 4.47. The molecular formula is C8H13IN2. The van der Waals surface area contributed by atoms with E-state index >= 15 is 0 Å². The van der Waals surface area contributed by atoms with Crippen LogP contribution in [0.1, 0.15) is 26.1 Å². The molecule has 0 aliphatic carbocycles. The molecule has 0 unspecified atom stereocenters. The zero-order valence-electron chi connectivity index (χ0n) is 6.92. The summed E-state index contributed by atoms with van der Waals surface area (Å²) in [7, 11) is 0. The summed E-state index contributed by atoms with van der Waals surface area (Å²) < 4.78 is 2.06. The van der Waals surface area contributed by atoms with Crippen LogP contribution >= 0.6 is 22.9 Å². The molecule has 0 aliphatic rings. The van der Waals surface area contributed by atoms with E-state index in [-0.39, 0.29) is 0 Å². The molecule has 0 aromatic carbocycles. The summed E-state index contributed by atoms with van der Waals surface area (Å²) in [5, 5.41) is 0. The van der Waals surface area contributed by atoms with Gasteiger partial charge in [0.1, 0.15) is 5.82 Å². The van der Waals surface area contributed by atoms with E-state index in [0.717, 1.165) is 12.3 Å². The first-order valence-electron chi connectivity index (χ1n) is 3.88. The third-order valence-electron chi connectivity index (χ3n) is 1.61. The first kappa shape index (κ1) is 9.03. The van der Waals surface area contributed by atoms with Crippen molar-refractivity contribution in [1.29, 1.82) is 0 Å². The molecule has 0 bridgehead atoms. The molecule has 1 aromatic rings. The predicted molar refractivity (Wildman–Crippen MR) is 54.8 cm³/mol. The van der Waals surface area contributed by atoms with E-state index in [4.69, 9.17) is 0 Å². The first-order valence-corrected chi connectivity index (χ1v) is 4.85. The second kappa shape index (κ2) is 4.09. The summed E-state index contributed by atoms with van der Waals surface area (Å²) in [5.74, 6) is 1.95. The number of imidazole rings is 1. The number of hydrogen-bond donors (Lipinski definition) is 0. The predicted octanol–water partition coefficient (Wildman–Crippen LogP) is 2.67. The summed E-state index contributed by atoms with van der Waals surface area (Å²) in [4.78, 5) is 4.24. The van der Waals surface area contributed by atoms with Crippen LogP contribution < -0.4 is 0 Å². The standard InChI is InChI=1S/C8H13IN2/c1-7(2)3-4-8-10-5-6-11(8)9/h5-7H,3-4H2,1-2H3. The Balaban J connectivity index is 2.44. The largest absolute Gasteiger partial charge is 0.276 e. The molecule has 0 amide bonds. The minimum Gasteiger partial charge on any atom is -0.276 e. The van der Waals surface area contributed by atoms with Crippen molar-refractivity contribution < 1.29 is 0 Å². The zero-order chi connectivity index (χ0) is 8.27. The average Bonchev–Trinajstić information content (AvgIpc) is 2.31. The summed E-state index contributed by atoms with van der Waals surface area (Å²) in [6, 6.07) is 0. The molecule has 0 saturated heterocycles. The second-order valence-corrected chi connectivity index (χ2v) is 4.13. The van der Waals surface area contributed by atoms with Gasteiger partial charge in [0.15, 0.2) is 0 Å². The third kappa shape index (κ3) is 2.81. The number of halogens is 1. The molecule has 1 heterocycles. The minimum absolute atomic E-state index is 0.767. The quantitative estimate of drug-likeness (QED) is 0.767. The van der Waals surface area contributed by atoms with Crippen LogP contribution in [0.4, 0.5) is 0 Å². The van der Waals surface area contributed by atoms with Crippen molar-refractivity contribution in [2.24, 2.45) is 5.92 Å². The van der Waals surface area contributed by atoms with Gasteiger partial charge in [-0.2, -0.15) is 0 Å². The SMILES string of the molecule is CC(C)CCc1nccn1I. The molecule has 62 valence electrons. The Bertz CT molecular complexity index is 218. The fourth-order valence-electron chi connectivity index (χ4n) is 0.908. The lowest BCUT2D eigenvalue weighted by molar-refractivity contribution is 0.576. The Morgan fingerprint density at radius 3 is 2.82 bits per heavy atom.